The van der Waals surface area contributed by atoms with Crippen molar-refractivity contribution in [1.29, 1.82) is 0 Å². The molecule has 1 heterocycles. The smallest absolute Gasteiger partial charge is 0.260 e. The summed E-state index contributed by atoms with van der Waals surface area (Å²) in [6.45, 7) is -0.314. The van der Waals surface area contributed by atoms with Crippen molar-refractivity contribution in [3.8, 4) is 0 Å². The molecule has 0 aliphatic carbocycles. The maximum absolute atomic E-state index is 12.3. The third-order valence-corrected chi connectivity index (χ3v) is 4.68. The summed E-state index contributed by atoms with van der Waals surface area (Å²) in [6, 6.07) is 8.70. The van der Waals surface area contributed by atoms with E-state index in [9.17, 15) is 13.5 Å². The van der Waals surface area contributed by atoms with Gasteiger partial charge >= 0.3 is 0 Å². The molecular weight excluding hydrogens is 292 g/mol. The highest BCUT2D eigenvalue weighted by Gasteiger charge is 2.25. The van der Waals surface area contributed by atoms with E-state index in [0.717, 1.165) is 5.56 Å². The third kappa shape index (κ3) is 3.60. The van der Waals surface area contributed by atoms with Gasteiger partial charge in [0.1, 0.15) is 0 Å². The Kier molecular flexibility index (Phi) is 4.61. The number of rotatable bonds is 6. The molecule has 0 aliphatic rings. The molecule has 2 aromatic rings. The molecule has 0 saturated carbocycles. The number of aromatic nitrogens is 2. The molecule has 4 N–H and O–H groups in total. The number of anilines is 1. The fraction of sp³-hybridized carbons (Fsp3) is 0.308. The molecule has 0 amide bonds. The Morgan fingerprint density at radius 1 is 1.38 bits per heavy atom. The summed E-state index contributed by atoms with van der Waals surface area (Å²) in [5, 5.41) is 9.30. The van der Waals surface area contributed by atoms with Crippen LogP contribution in [-0.4, -0.2) is 35.7 Å². The molecule has 2 rings (SSSR count). The van der Waals surface area contributed by atoms with E-state index in [0.29, 0.717) is 6.42 Å². The first-order chi connectivity index (χ1) is 9.94. The molecule has 0 spiro atoms. The van der Waals surface area contributed by atoms with Gasteiger partial charge in [0.25, 0.3) is 10.0 Å². The number of hydrogen-bond acceptors (Lipinski definition) is 5. The summed E-state index contributed by atoms with van der Waals surface area (Å²) in [4.78, 5) is 3.76. The summed E-state index contributed by atoms with van der Waals surface area (Å²) in [5.41, 5.74) is 6.51. The normalized spacial score (nSPS) is 13.2. The van der Waals surface area contributed by atoms with Crippen molar-refractivity contribution in [2.45, 2.75) is 17.5 Å². The number of nitrogens with two attached hydrogens (primary N) is 1. The van der Waals surface area contributed by atoms with Gasteiger partial charge in [-0.05, 0) is 12.0 Å². The molecule has 0 fully saturated rings. The number of benzene rings is 1. The van der Waals surface area contributed by atoms with Crippen molar-refractivity contribution in [1.82, 2.24) is 14.3 Å². The van der Waals surface area contributed by atoms with Gasteiger partial charge in [0.2, 0.25) is 0 Å². The van der Waals surface area contributed by atoms with Crippen molar-refractivity contribution in [3.63, 3.8) is 0 Å². The minimum Gasteiger partial charge on any atom is -0.395 e. The highest BCUT2D eigenvalue weighted by Crippen LogP contribution is 2.16. The zero-order valence-corrected chi connectivity index (χ0v) is 12.4. The zero-order chi connectivity index (χ0) is 15.5. The molecule has 0 saturated heterocycles. The van der Waals surface area contributed by atoms with Gasteiger partial charge < -0.3 is 15.4 Å². The zero-order valence-electron chi connectivity index (χ0n) is 11.6. The van der Waals surface area contributed by atoms with Crippen LogP contribution in [0, 0.1) is 0 Å². The number of aryl methyl sites for hydroxylation is 1. The van der Waals surface area contributed by atoms with Crippen LogP contribution < -0.4 is 10.5 Å². The van der Waals surface area contributed by atoms with Gasteiger partial charge in [-0.25, -0.2) is 18.1 Å². The van der Waals surface area contributed by atoms with E-state index >= 15 is 0 Å². The van der Waals surface area contributed by atoms with Crippen molar-refractivity contribution in [3.05, 3.63) is 42.2 Å². The van der Waals surface area contributed by atoms with Crippen molar-refractivity contribution in [2.24, 2.45) is 7.05 Å². The van der Waals surface area contributed by atoms with Gasteiger partial charge in [0.05, 0.1) is 12.9 Å². The fourth-order valence-electron chi connectivity index (χ4n) is 2.08. The van der Waals surface area contributed by atoms with E-state index in [1.807, 2.05) is 30.3 Å². The van der Waals surface area contributed by atoms with Crippen LogP contribution >= 0.6 is 0 Å². The Morgan fingerprint density at radius 3 is 2.57 bits per heavy atom. The van der Waals surface area contributed by atoms with Gasteiger partial charge in [0.15, 0.2) is 10.8 Å². The van der Waals surface area contributed by atoms with Crippen LogP contribution in [0.3, 0.4) is 0 Å². The number of aliphatic hydroxyl groups excluding tert-OH is 1. The number of nitrogens with zero attached hydrogens (tertiary/aromatic N) is 2. The van der Waals surface area contributed by atoms with Crippen LogP contribution in [0.4, 0.5) is 5.82 Å². The number of sulfonamides is 1. The second-order valence-corrected chi connectivity index (χ2v) is 6.37. The highest BCUT2D eigenvalue weighted by atomic mass is 32.2. The van der Waals surface area contributed by atoms with Gasteiger partial charge in [-0.1, -0.05) is 30.3 Å². The molecule has 0 radical (unpaired) electrons. The van der Waals surface area contributed by atoms with E-state index in [2.05, 4.69) is 9.71 Å². The predicted molar refractivity (Wildman–Crippen MR) is 79.0 cm³/mol. The Morgan fingerprint density at radius 2 is 2.05 bits per heavy atom. The van der Waals surface area contributed by atoms with Gasteiger partial charge in [0, 0.05) is 13.1 Å². The van der Waals surface area contributed by atoms with Crippen molar-refractivity contribution < 1.29 is 13.5 Å². The minimum atomic E-state index is -3.84. The molecule has 1 aromatic heterocycles. The van der Waals surface area contributed by atoms with Crippen molar-refractivity contribution in [2.75, 3.05) is 12.3 Å². The number of nitrogens with one attached hydrogen (secondary N) is 1. The lowest BCUT2D eigenvalue weighted by molar-refractivity contribution is 0.256. The Balaban J connectivity index is 2.18. The first kappa shape index (κ1) is 15.5. The molecule has 0 aliphatic heterocycles. The molecular formula is C13H18N4O3S. The van der Waals surface area contributed by atoms with Gasteiger partial charge in [-0.3, -0.25) is 0 Å². The summed E-state index contributed by atoms with van der Waals surface area (Å²) in [5.74, 6) is -0.0681. The Bertz CT molecular complexity index is 678. The molecule has 7 nitrogen and oxygen atoms in total. The average Bonchev–Trinajstić information content (AvgIpc) is 2.79. The van der Waals surface area contributed by atoms with Crippen LogP contribution in [0.1, 0.15) is 5.56 Å². The predicted octanol–water partition coefficient (Wildman–Crippen LogP) is -0.116. The summed E-state index contributed by atoms with van der Waals surface area (Å²) < 4.78 is 28.4. The lowest BCUT2D eigenvalue weighted by Gasteiger charge is -2.17. The maximum Gasteiger partial charge on any atom is 0.260 e. The molecule has 114 valence electrons. The fourth-order valence-corrected chi connectivity index (χ4v) is 3.54. The van der Waals surface area contributed by atoms with Gasteiger partial charge in [-0.15, -0.1) is 0 Å². The molecule has 8 heteroatoms. The van der Waals surface area contributed by atoms with Crippen LogP contribution in [0.25, 0.3) is 0 Å². The van der Waals surface area contributed by atoms with Crippen LogP contribution in [0.5, 0.6) is 0 Å². The van der Waals surface area contributed by atoms with E-state index in [4.69, 9.17) is 5.73 Å². The quantitative estimate of drug-likeness (QED) is 0.689. The second kappa shape index (κ2) is 6.25. The first-order valence-corrected chi connectivity index (χ1v) is 7.86. The molecule has 1 aromatic carbocycles. The summed E-state index contributed by atoms with van der Waals surface area (Å²) >= 11 is 0. The monoisotopic (exact) mass is 310 g/mol. The Labute approximate surface area is 123 Å². The maximum atomic E-state index is 12.3. The second-order valence-electron chi connectivity index (χ2n) is 4.74. The molecule has 21 heavy (non-hydrogen) atoms. The molecule has 0 unspecified atom stereocenters. The lowest BCUT2D eigenvalue weighted by atomic mass is 10.1. The number of nitrogen functional groups attached to an aromatic ring is 1. The van der Waals surface area contributed by atoms with Crippen LogP contribution in [0.15, 0.2) is 41.7 Å². The van der Waals surface area contributed by atoms with E-state index in [1.54, 1.807) is 7.05 Å². The molecule has 1 atom stereocenters. The molecule has 0 bridgehead atoms. The highest BCUT2D eigenvalue weighted by molar-refractivity contribution is 7.89. The van der Waals surface area contributed by atoms with E-state index in [-0.39, 0.29) is 17.5 Å². The average molecular weight is 310 g/mol. The van der Waals surface area contributed by atoms with E-state index in [1.165, 1.54) is 10.9 Å². The number of imidazole rings is 1. The standard InChI is InChI=1S/C13H18N4O3S/c1-17-9-15-12(14)13(17)21(19,20)16-11(8-18)7-10-5-3-2-4-6-10/h2-6,9,11,16,18H,7-8,14H2,1H3/t11-/m0/s1. The van der Waals surface area contributed by atoms with Crippen molar-refractivity contribution >= 4 is 15.8 Å². The minimum absolute atomic E-state index is 0.0681. The number of hydrogen-bond donors (Lipinski definition) is 3. The lowest BCUT2D eigenvalue weighted by Crippen LogP contribution is -2.39. The van der Waals surface area contributed by atoms with Gasteiger partial charge in [-0.2, -0.15) is 0 Å². The third-order valence-electron chi connectivity index (χ3n) is 3.03. The largest absolute Gasteiger partial charge is 0.395 e. The topological polar surface area (TPSA) is 110 Å². The first-order valence-electron chi connectivity index (χ1n) is 6.38. The summed E-state index contributed by atoms with van der Waals surface area (Å²) in [7, 11) is -2.30. The SMILES string of the molecule is Cn1cnc(N)c1S(=O)(=O)N[C@H](CO)Cc1ccccc1. The Hall–Kier alpha value is -1.90. The van der Waals surface area contributed by atoms with E-state index < -0.39 is 16.1 Å². The van der Waals surface area contributed by atoms with Crippen LogP contribution in [-0.2, 0) is 23.5 Å². The van der Waals surface area contributed by atoms with Crippen LogP contribution in [0.2, 0.25) is 0 Å². The number of aliphatic hydroxyl groups is 1. The summed E-state index contributed by atoms with van der Waals surface area (Å²) in [6.07, 6.45) is 1.71.